The number of benzene rings is 10. The van der Waals surface area contributed by atoms with Crippen molar-refractivity contribution in [1.82, 2.24) is 0 Å². The number of hydrogen-bond donors (Lipinski definition) is 0. The number of fused-ring (bicyclic) bond motifs is 4. The van der Waals surface area contributed by atoms with Crippen molar-refractivity contribution in [2.75, 3.05) is 0 Å². The smallest absolute Gasteiger partial charge is 0.366 e. The molecule has 10 rings (SSSR count). The second-order valence-corrected chi connectivity index (χ2v) is 22.4. The summed E-state index contributed by atoms with van der Waals surface area (Å²) in [5.74, 6) is 4.83. The van der Waals surface area contributed by atoms with Crippen LogP contribution >= 0.6 is 15.8 Å². The first-order valence-corrected chi connectivity index (χ1v) is 23.6. The molecular weight excluding hydrogens is 986 g/mol. The summed E-state index contributed by atoms with van der Waals surface area (Å²) in [6, 6.07) is 81.9. The summed E-state index contributed by atoms with van der Waals surface area (Å²) in [6.45, 7) is 5.02. The zero-order valence-electron chi connectivity index (χ0n) is 35.0. The van der Waals surface area contributed by atoms with Gasteiger partial charge in [-0.2, -0.15) is 0 Å². The molecule has 312 valence electrons. The fraction of sp³-hybridized carbons (Fsp3) is 0.0508. The summed E-state index contributed by atoms with van der Waals surface area (Å²) in [6.07, 6.45) is 14.3. The fourth-order valence-corrected chi connectivity index (χ4v) is 16.7. The standard InChI is InChI=1S/C27H26P2.2C16H9.2Ag/c1-27(2,28(23-15-7-3-8-16-23)24-17-9-4-10-18-24)29(25-19-11-5-12-20-25)26-21-13-6-14-22-26;2*1-2-12-7-8-15-10-13-5-3-4-6-14(13)11-16(15)9-12;;/h3-22H,1-2H3;2*3-11H;;/q;2*-1;2*+1/p+2. The van der Waals surface area contributed by atoms with E-state index in [0.29, 0.717) is 0 Å². The quantitative estimate of drug-likeness (QED) is 0.0512. The van der Waals surface area contributed by atoms with Crippen molar-refractivity contribution in [3.63, 3.8) is 0 Å². The maximum absolute atomic E-state index is 7.13. The van der Waals surface area contributed by atoms with Crippen molar-refractivity contribution in [3.8, 4) is 11.8 Å². The molecule has 4 heteroatoms. The minimum absolute atomic E-state index is 0. The van der Waals surface area contributed by atoms with Crippen molar-refractivity contribution in [2.45, 2.75) is 18.7 Å². The van der Waals surface area contributed by atoms with Crippen LogP contribution in [0.4, 0.5) is 0 Å². The Kier molecular flexibility index (Phi) is 16.7. The third-order valence-corrected chi connectivity index (χ3v) is 18.8. The second-order valence-electron chi connectivity index (χ2n) is 15.6. The van der Waals surface area contributed by atoms with Gasteiger partial charge in [-0.3, -0.25) is 11.8 Å². The van der Waals surface area contributed by atoms with Gasteiger partial charge in [-0.15, -0.1) is 35.4 Å². The molecule has 0 radical (unpaired) electrons. The van der Waals surface area contributed by atoms with Gasteiger partial charge in [-0.1, -0.05) is 133 Å². The van der Waals surface area contributed by atoms with Crippen molar-refractivity contribution < 1.29 is 44.8 Å². The molecule has 0 saturated carbocycles. The van der Waals surface area contributed by atoms with E-state index >= 15 is 0 Å². The van der Waals surface area contributed by atoms with Crippen LogP contribution in [0.1, 0.15) is 25.0 Å². The van der Waals surface area contributed by atoms with Crippen LogP contribution in [0.5, 0.6) is 0 Å². The van der Waals surface area contributed by atoms with Gasteiger partial charge in [0.2, 0.25) is 0 Å². The van der Waals surface area contributed by atoms with Crippen LogP contribution in [-0.2, 0) is 44.8 Å². The third-order valence-electron chi connectivity index (χ3n) is 11.2. The van der Waals surface area contributed by atoms with Crippen molar-refractivity contribution in [3.05, 3.63) is 254 Å². The van der Waals surface area contributed by atoms with Gasteiger partial charge < -0.3 is 12.8 Å². The van der Waals surface area contributed by atoms with Crippen LogP contribution in [0.25, 0.3) is 43.1 Å². The maximum atomic E-state index is 7.13. The summed E-state index contributed by atoms with van der Waals surface area (Å²) in [7, 11) is -2.05. The van der Waals surface area contributed by atoms with E-state index in [2.05, 4.69) is 196 Å². The molecule has 0 fully saturated rings. The molecule has 0 nitrogen and oxygen atoms in total. The van der Waals surface area contributed by atoms with E-state index in [1.54, 1.807) is 0 Å². The molecule has 0 spiro atoms. The van der Waals surface area contributed by atoms with Gasteiger partial charge in [0.05, 0.1) is 0 Å². The summed E-state index contributed by atoms with van der Waals surface area (Å²) >= 11 is 0. The Hall–Kier alpha value is -5.30. The molecule has 10 aromatic rings. The van der Waals surface area contributed by atoms with E-state index in [1.165, 1.54) is 53.5 Å². The van der Waals surface area contributed by atoms with Crippen LogP contribution in [0, 0.1) is 24.7 Å². The van der Waals surface area contributed by atoms with Crippen LogP contribution in [0.2, 0.25) is 0 Å². The molecule has 0 aromatic heterocycles. The Morgan fingerprint density at radius 1 is 0.302 bits per heavy atom. The summed E-state index contributed by atoms with van der Waals surface area (Å²) in [5.41, 5.74) is 1.64. The Balaban J connectivity index is 0.000000166. The second kappa shape index (κ2) is 22.4. The van der Waals surface area contributed by atoms with E-state index in [4.69, 9.17) is 12.8 Å². The van der Waals surface area contributed by atoms with Gasteiger partial charge in [-0.05, 0) is 116 Å². The molecule has 0 bridgehead atoms. The first-order chi connectivity index (χ1) is 29.9. The Bertz CT molecular complexity index is 2840. The first kappa shape index (κ1) is 47.2. The molecule has 0 aliphatic heterocycles. The van der Waals surface area contributed by atoms with Crippen LogP contribution < -0.4 is 21.2 Å². The molecule has 0 atom stereocenters. The van der Waals surface area contributed by atoms with Crippen molar-refractivity contribution in [2.24, 2.45) is 0 Å². The van der Waals surface area contributed by atoms with Gasteiger partial charge in [0.15, 0.2) is 4.90 Å². The van der Waals surface area contributed by atoms with Gasteiger partial charge >= 0.3 is 44.8 Å². The first-order valence-electron chi connectivity index (χ1n) is 20.6. The normalized spacial score (nSPS) is 10.7. The SMILES string of the molecule is CC(C)([PH+](c1ccccc1)c1ccccc1)[PH+](c1ccccc1)c1ccccc1.[Ag+].[Ag+].[C-]#Cc1ccc2cc3ccccc3cc2c1.[C-]#Cc1ccc2cc3ccccc3cc2c1. The summed E-state index contributed by atoms with van der Waals surface area (Å²) < 4.78 is 0. The molecule has 0 amide bonds. The van der Waals surface area contributed by atoms with Gasteiger partial charge in [-0.25, -0.2) is 0 Å². The number of hydrogen-bond acceptors (Lipinski definition) is 0. The average Bonchev–Trinajstić information content (AvgIpc) is 3.31. The molecule has 0 aliphatic rings. The predicted octanol–water partition coefficient (Wildman–Crippen LogP) is 13.3. The van der Waals surface area contributed by atoms with E-state index in [9.17, 15) is 0 Å². The van der Waals surface area contributed by atoms with E-state index in [-0.39, 0.29) is 49.7 Å². The minimum Gasteiger partial charge on any atom is -0.366 e. The third kappa shape index (κ3) is 11.3. The van der Waals surface area contributed by atoms with Crippen LogP contribution in [0.3, 0.4) is 0 Å². The molecule has 0 unspecified atom stereocenters. The fourth-order valence-electron chi connectivity index (χ4n) is 8.36. The summed E-state index contributed by atoms with van der Waals surface area (Å²) in [4.78, 5) is 0.154. The molecule has 10 aromatic carbocycles. The Morgan fingerprint density at radius 3 is 0.810 bits per heavy atom. The molecule has 63 heavy (non-hydrogen) atoms. The van der Waals surface area contributed by atoms with Gasteiger partial charge in [0, 0.05) is 13.8 Å². The molecule has 0 saturated heterocycles. The molecule has 0 N–H and O–H groups in total. The minimum atomic E-state index is -1.02. The monoisotopic (exact) mass is 1030 g/mol. The van der Waals surface area contributed by atoms with E-state index in [1.807, 2.05) is 60.7 Å². The largest absolute Gasteiger partial charge is 1.00 e. The van der Waals surface area contributed by atoms with E-state index < -0.39 is 15.8 Å². The predicted molar refractivity (Wildman–Crippen MR) is 270 cm³/mol. The topological polar surface area (TPSA) is 0 Å². The van der Waals surface area contributed by atoms with Gasteiger partial charge in [0.1, 0.15) is 37.1 Å². The Labute approximate surface area is 406 Å². The van der Waals surface area contributed by atoms with Crippen molar-refractivity contribution >= 4 is 80.2 Å². The zero-order valence-corrected chi connectivity index (χ0v) is 40.0. The van der Waals surface area contributed by atoms with Crippen LogP contribution in [-0.4, -0.2) is 4.90 Å². The Morgan fingerprint density at radius 2 is 0.540 bits per heavy atom. The van der Waals surface area contributed by atoms with Crippen molar-refractivity contribution in [1.29, 1.82) is 0 Å². The molecule has 0 heterocycles. The number of rotatable bonds is 6. The average molecular weight is 1030 g/mol. The zero-order chi connectivity index (χ0) is 42.0. The van der Waals surface area contributed by atoms with E-state index in [0.717, 1.165) is 21.9 Å². The summed E-state index contributed by atoms with van der Waals surface area (Å²) in [5, 5.41) is 15.7. The molecular formula is C59H46Ag2P2+2. The van der Waals surface area contributed by atoms with Gasteiger partial charge in [0.25, 0.3) is 0 Å². The van der Waals surface area contributed by atoms with Crippen LogP contribution in [0.15, 0.2) is 231 Å². The maximum Gasteiger partial charge on any atom is 1.00 e. The molecule has 0 aliphatic carbocycles.